The number of benzene rings is 1. The van der Waals surface area contributed by atoms with Crippen molar-refractivity contribution < 1.29 is 4.74 Å². The van der Waals surface area contributed by atoms with Gasteiger partial charge in [0.2, 0.25) is 0 Å². The van der Waals surface area contributed by atoms with E-state index in [1.807, 2.05) is 39.0 Å². The van der Waals surface area contributed by atoms with Gasteiger partial charge in [-0.1, -0.05) is 12.1 Å². The fourth-order valence-corrected chi connectivity index (χ4v) is 1.64. The lowest BCUT2D eigenvalue weighted by molar-refractivity contribution is 0.130. The van der Waals surface area contributed by atoms with Crippen LogP contribution in [0.25, 0.3) is 0 Å². The van der Waals surface area contributed by atoms with Gasteiger partial charge in [-0.25, -0.2) is 4.99 Å². The third-order valence-corrected chi connectivity index (χ3v) is 2.19. The molecule has 1 aromatic rings. The third kappa shape index (κ3) is 1.78. The lowest BCUT2D eigenvalue weighted by Crippen LogP contribution is -2.24. The molecule has 1 aromatic carbocycles. The van der Waals surface area contributed by atoms with Crippen LogP contribution in [0.1, 0.15) is 31.9 Å². The standard InChI is InChI=1S/C12H15N3O/c1-12(2,3)16-8-6-4-5-7-9(8)11(14)15-10(7)13/h4-6H,1-3H3,(H3,13,14,15). The second-order valence-electron chi connectivity index (χ2n) is 4.74. The molecule has 0 radical (unpaired) electrons. The summed E-state index contributed by atoms with van der Waals surface area (Å²) in [4.78, 5) is 3.95. The SMILES string of the molecule is CC(C)(C)Oc1cccc2c1C(=N)N=C2N. The molecular formula is C12H15N3O. The van der Waals surface area contributed by atoms with Crippen molar-refractivity contribution in [3.05, 3.63) is 29.3 Å². The summed E-state index contributed by atoms with van der Waals surface area (Å²) in [5, 5.41) is 7.76. The van der Waals surface area contributed by atoms with Crippen molar-refractivity contribution in [2.45, 2.75) is 26.4 Å². The van der Waals surface area contributed by atoms with Crippen LogP contribution >= 0.6 is 0 Å². The van der Waals surface area contributed by atoms with Crippen molar-refractivity contribution in [2.75, 3.05) is 0 Å². The number of fused-ring (bicyclic) bond motifs is 1. The van der Waals surface area contributed by atoms with Gasteiger partial charge in [0.25, 0.3) is 0 Å². The maximum Gasteiger partial charge on any atom is 0.158 e. The average Bonchev–Trinajstić information content (AvgIpc) is 2.41. The van der Waals surface area contributed by atoms with Crippen molar-refractivity contribution in [3.8, 4) is 5.75 Å². The lowest BCUT2D eigenvalue weighted by Gasteiger charge is -2.22. The molecule has 16 heavy (non-hydrogen) atoms. The van der Waals surface area contributed by atoms with Gasteiger partial charge >= 0.3 is 0 Å². The molecule has 4 heteroatoms. The molecule has 1 aliphatic heterocycles. The highest BCUT2D eigenvalue weighted by atomic mass is 16.5. The van der Waals surface area contributed by atoms with Crippen LogP contribution in [-0.2, 0) is 0 Å². The predicted octanol–water partition coefficient (Wildman–Crippen LogP) is 1.91. The van der Waals surface area contributed by atoms with E-state index < -0.39 is 0 Å². The molecule has 0 amide bonds. The molecule has 0 fully saturated rings. The summed E-state index contributed by atoms with van der Waals surface area (Å²) >= 11 is 0. The second kappa shape index (κ2) is 3.33. The van der Waals surface area contributed by atoms with Gasteiger partial charge in [0.05, 0.1) is 5.56 Å². The van der Waals surface area contributed by atoms with Crippen LogP contribution in [0.4, 0.5) is 0 Å². The van der Waals surface area contributed by atoms with Gasteiger partial charge < -0.3 is 10.5 Å². The van der Waals surface area contributed by atoms with E-state index in [2.05, 4.69) is 4.99 Å². The van der Waals surface area contributed by atoms with E-state index in [1.54, 1.807) is 0 Å². The lowest BCUT2D eigenvalue weighted by atomic mass is 10.1. The quantitative estimate of drug-likeness (QED) is 0.754. The zero-order valence-corrected chi connectivity index (χ0v) is 9.66. The molecule has 0 spiro atoms. The number of nitrogens with zero attached hydrogens (tertiary/aromatic N) is 1. The predicted molar refractivity (Wildman–Crippen MR) is 64.4 cm³/mol. The largest absolute Gasteiger partial charge is 0.487 e. The fraction of sp³-hybridized carbons (Fsp3) is 0.333. The Hall–Kier alpha value is -1.84. The minimum atomic E-state index is -0.299. The van der Waals surface area contributed by atoms with E-state index >= 15 is 0 Å². The first-order valence-corrected chi connectivity index (χ1v) is 5.14. The topological polar surface area (TPSA) is 71.5 Å². The summed E-state index contributed by atoms with van der Waals surface area (Å²) in [6.07, 6.45) is 0. The number of ether oxygens (including phenoxy) is 1. The Kier molecular flexibility index (Phi) is 2.22. The molecule has 1 aliphatic rings. The highest BCUT2D eigenvalue weighted by molar-refractivity contribution is 6.22. The second-order valence-corrected chi connectivity index (χ2v) is 4.74. The van der Waals surface area contributed by atoms with Crippen molar-refractivity contribution in [1.29, 1.82) is 5.41 Å². The van der Waals surface area contributed by atoms with Crippen LogP contribution in [0.3, 0.4) is 0 Å². The van der Waals surface area contributed by atoms with Gasteiger partial charge in [-0.05, 0) is 26.8 Å². The molecule has 0 aromatic heterocycles. The summed E-state index contributed by atoms with van der Waals surface area (Å²) in [5.74, 6) is 1.23. The molecule has 84 valence electrons. The van der Waals surface area contributed by atoms with E-state index in [1.165, 1.54) is 0 Å². The van der Waals surface area contributed by atoms with E-state index in [9.17, 15) is 0 Å². The molecule has 0 bridgehead atoms. The minimum Gasteiger partial charge on any atom is -0.487 e. The monoisotopic (exact) mass is 217 g/mol. The van der Waals surface area contributed by atoms with Gasteiger partial charge in [0.15, 0.2) is 5.84 Å². The van der Waals surface area contributed by atoms with Crippen molar-refractivity contribution in [2.24, 2.45) is 10.7 Å². The van der Waals surface area contributed by atoms with Crippen LogP contribution in [0.5, 0.6) is 5.75 Å². The number of hydrogen-bond acceptors (Lipinski definition) is 3. The van der Waals surface area contributed by atoms with Gasteiger partial charge in [-0.3, -0.25) is 5.41 Å². The van der Waals surface area contributed by atoms with Crippen molar-refractivity contribution in [1.82, 2.24) is 0 Å². The van der Waals surface area contributed by atoms with E-state index in [4.69, 9.17) is 15.9 Å². The Morgan fingerprint density at radius 3 is 2.62 bits per heavy atom. The zero-order chi connectivity index (χ0) is 11.9. The van der Waals surface area contributed by atoms with Crippen molar-refractivity contribution >= 4 is 11.7 Å². The van der Waals surface area contributed by atoms with E-state index in [-0.39, 0.29) is 11.4 Å². The van der Waals surface area contributed by atoms with Gasteiger partial charge in [0.1, 0.15) is 17.2 Å². The maximum atomic E-state index is 7.76. The van der Waals surface area contributed by atoms with Crippen LogP contribution in [0, 0.1) is 5.41 Å². The van der Waals surface area contributed by atoms with Crippen LogP contribution in [0.2, 0.25) is 0 Å². The number of nitrogens with one attached hydrogen (secondary N) is 1. The molecule has 1 heterocycles. The number of rotatable bonds is 1. The first-order valence-electron chi connectivity index (χ1n) is 5.14. The molecule has 0 unspecified atom stereocenters. The Morgan fingerprint density at radius 1 is 1.31 bits per heavy atom. The molecule has 0 aliphatic carbocycles. The van der Waals surface area contributed by atoms with E-state index in [0.717, 1.165) is 5.56 Å². The summed E-state index contributed by atoms with van der Waals surface area (Å²) < 4.78 is 5.79. The molecule has 0 saturated heterocycles. The molecule has 3 N–H and O–H groups in total. The van der Waals surface area contributed by atoms with Crippen LogP contribution in [-0.4, -0.2) is 17.3 Å². The molecular weight excluding hydrogens is 202 g/mol. The first kappa shape index (κ1) is 10.7. The molecule has 4 nitrogen and oxygen atoms in total. The normalized spacial score (nSPS) is 14.7. The van der Waals surface area contributed by atoms with Gasteiger partial charge in [0, 0.05) is 5.56 Å². The summed E-state index contributed by atoms with van der Waals surface area (Å²) in [5.41, 5.74) is 6.90. The number of hydrogen-bond donors (Lipinski definition) is 2. The van der Waals surface area contributed by atoms with Crippen LogP contribution in [0.15, 0.2) is 23.2 Å². The third-order valence-electron chi connectivity index (χ3n) is 2.19. The Balaban J connectivity index is 2.49. The Morgan fingerprint density at radius 2 is 2.00 bits per heavy atom. The highest BCUT2D eigenvalue weighted by Gasteiger charge is 2.24. The van der Waals surface area contributed by atoms with Gasteiger partial charge in [-0.15, -0.1) is 0 Å². The van der Waals surface area contributed by atoms with Crippen molar-refractivity contribution in [3.63, 3.8) is 0 Å². The highest BCUT2D eigenvalue weighted by Crippen LogP contribution is 2.29. The fourth-order valence-electron chi connectivity index (χ4n) is 1.64. The maximum absolute atomic E-state index is 7.76. The summed E-state index contributed by atoms with van der Waals surface area (Å²) in [6, 6.07) is 5.55. The summed E-state index contributed by atoms with van der Waals surface area (Å²) in [7, 11) is 0. The molecule has 2 rings (SSSR count). The summed E-state index contributed by atoms with van der Waals surface area (Å²) in [6.45, 7) is 5.90. The van der Waals surface area contributed by atoms with E-state index in [0.29, 0.717) is 17.1 Å². The number of amidine groups is 2. The number of nitrogens with two attached hydrogens (primary N) is 1. The minimum absolute atomic E-state index is 0.173. The Bertz CT molecular complexity index is 484. The molecule has 0 atom stereocenters. The average molecular weight is 217 g/mol. The Labute approximate surface area is 94.6 Å². The van der Waals surface area contributed by atoms with Crippen LogP contribution < -0.4 is 10.5 Å². The zero-order valence-electron chi connectivity index (χ0n) is 9.66. The smallest absolute Gasteiger partial charge is 0.158 e. The molecule has 0 saturated carbocycles. The van der Waals surface area contributed by atoms with Gasteiger partial charge in [-0.2, -0.15) is 0 Å². The number of aliphatic imine (C=N–C) groups is 1. The first-order chi connectivity index (χ1) is 7.38.